The van der Waals surface area contributed by atoms with E-state index in [9.17, 15) is 5.11 Å². The van der Waals surface area contributed by atoms with E-state index in [1.165, 1.54) is 0 Å². The minimum Gasteiger partial charge on any atom is -0.507 e. The van der Waals surface area contributed by atoms with Crippen LogP contribution in [0, 0.1) is 0 Å². The summed E-state index contributed by atoms with van der Waals surface area (Å²) in [5.41, 5.74) is 6.30. The second-order valence-electron chi connectivity index (χ2n) is 3.39. The largest absolute Gasteiger partial charge is 0.507 e. The third kappa shape index (κ3) is 1.95. The SMILES string of the molecule is NC(CCl)=Nc1ccc(O)c2ccccc12. The van der Waals surface area contributed by atoms with Crippen molar-refractivity contribution in [3.05, 3.63) is 36.4 Å². The zero-order valence-electron chi connectivity index (χ0n) is 8.52. The van der Waals surface area contributed by atoms with E-state index >= 15 is 0 Å². The Morgan fingerprint density at radius 1 is 1.19 bits per heavy atom. The molecule has 0 fully saturated rings. The number of aliphatic imine (C=N–C) groups is 1. The highest BCUT2D eigenvalue weighted by atomic mass is 35.5. The van der Waals surface area contributed by atoms with Gasteiger partial charge < -0.3 is 10.8 Å². The summed E-state index contributed by atoms with van der Waals surface area (Å²) in [6.07, 6.45) is 0. The van der Waals surface area contributed by atoms with Crippen LogP contribution in [0.25, 0.3) is 10.8 Å². The number of amidine groups is 1. The van der Waals surface area contributed by atoms with Gasteiger partial charge in [-0.05, 0) is 12.1 Å². The molecule has 0 atom stereocenters. The summed E-state index contributed by atoms with van der Waals surface area (Å²) in [5.74, 6) is 0.784. The number of rotatable bonds is 2. The van der Waals surface area contributed by atoms with Crippen LogP contribution >= 0.6 is 11.6 Å². The maximum absolute atomic E-state index is 9.68. The van der Waals surface area contributed by atoms with Gasteiger partial charge in [0.05, 0.1) is 11.6 Å². The van der Waals surface area contributed by atoms with Crippen LogP contribution < -0.4 is 5.73 Å². The van der Waals surface area contributed by atoms with E-state index in [0.717, 1.165) is 10.8 Å². The molecular weight excluding hydrogens is 224 g/mol. The summed E-state index contributed by atoms with van der Waals surface area (Å²) < 4.78 is 0. The molecular formula is C12H11ClN2O. The van der Waals surface area contributed by atoms with Crippen LogP contribution in [0.5, 0.6) is 5.75 Å². The first-order valence-electron chi connectivity index (χ1n) is 4.82. The van der Waals surface area contributed by atoms with Crippen molar-refractivity contribution < 1.29 is 5.11 Å². The van der Waals surface area contributed by atoms with Crippen molar-refractivity contribution in [3.63, 3.8) is 0 Å². The number of aromatic hydroxyl groups is 1. The number of nitrogens with zero attached hydrogens (tertiary/aromatic N) is 1. The maximum Gasteiger partial charge on any atom is 0.123 e. The fraction of sp³-hybridized carbons (Fsp3) is 0.0833. The third-order valence-corrected chi connectivity index (χ3v) is 2.55. The van der Waals surface area contributed by atoms with Crippen LogP contribution in [-0.2, 0) is 0 Å². The summed E-state index contributed by atoms with van der Waals surface area (Å²) in [7, 11) is 0. The minimum atomic E-state index is 0.190. The van der Waals surface area contributed by atoms with Crippen LogP contribution in [0.2, 0.25) is 0 Å². The number of phenolic OH excluding ortho intramolecular Hbond substituents is 1. The van der Waals surface area contributed by atoms with Crippen molar-refractivity contribution in [1.29, 1.82) is 0 Å². The molecule has 2 aromatic carbocycles. The lowest BCUT2D eigenvalue weighted by Crippen LogP contribution is -2.12. The lowest BCUT2D eigenvalue weighted by molar-refractivity contribution is 0.481. The Morgan fingerprint density at radius 2 is 1.88 bits per heavy atom. The van der Waals surface area contributed by atoms with Gasteiger partial charge in [-0.25, -0.2) is 4.99 Å². The summed E-state index contributed by atoms with van der Waals surface area (Å²) >= 11 is 5.58. The van der Waals surface area contributed by atoms with Crippen LogP contribution in [0.15, 0.2) is 41.4 Å². The summed E-state index contributed by atoms with van der Waals surface area (Å²) in [4.78, 5) is 4.20. The molecule has 3 N–H and O–H groups in total. The van der Waals surface area contributed by atoms with Gasteiger partial charge in [0.25, 0.3) is 0 Å². The third-order valence-electron chi connectivity index (χ3n) is 2.28. The molecule has 0 unspecified atom stereocenters. The Bertz CT molecular complexity index is 552. The lowest BCUT2D eigenvalue weighted by atomic mass is 10.1. The summed E-state index contributed by atoms with van der Waals surface area (Å²) in [6, 6.07) is 10.8. The summed E-state index contributed by atoms with van der Waals surface area (Å²) in [5, 5.41) is 11.3. The van der Waals surface area contributed by atoms with Gasteiger partial charge in [-0.3, -0.25) is 0 Å². The topological polar surface area (TPSA) is 58.6 Å². The Balaban J connectivity index is 2.68. The molecule has 0 aliphatic heterocycles. The molecule has 2 rings (SSSR count). The minimum absolute atomic E-state index is 0.190. The van der Waals surface area contributed by atoms with E-state index in [-0.39, 0.29) is 11.6 Å². The smallest absolute Gasteiger partial charge is 0.123 e. The van der Waals surface area contributed by atoms with E-state index < -0.39 is 0 Å². The Morgan fingerprint density at radius 3 is 2.56 bits per heavy atom. The number of hydrogen-bond acceptors (Lipinski definition) is 2. The number of benzene rings is 2. The Labute approximate surface area is 98.2 Å². The second-order valence-corrected chi connectivity index (χ2v) is 3.65. The van der Waals surface area contributed by atoms with E-state index in [1.54, 1.807) is 12.1 Å². The van der Waals surface area contributed by atoms with E-state index in [4.69, 9.17) is 17.3 Å². The predicted octanol–water partition coefficient (Wildman–Crippen LogP) is 2.77. The van der Waals surface area contributed by atoms with E-state index in [2.05, 4.69) is 4.99 Å². The second kappa shape index (κ2) is 4.41. The van der Waals surface area contributed by atoms with Gasteiger partial charge in [0.15, 0.2) is 0 Å². The molecule has 0 aliphatic carbocycles. The van der Waals surface area contributed by atoms with Crippen molar-refractivity contribution in [2.24, 2.45) is 10.7 Å². The molecule has 0 saturated heterocycles. The van der Waals surface area contributed by atoms with Gasteiger partial charge in [-0.2, -0.15) is 0 Å². The summed E-state index contributed by atoms with van der Waals surface area (Å²) in [6.45, 7) is 0. The predicted molar refractivity (Wildman–Crippen MR) is 67.6 cm³/mol. The number of halogens is 1. The average molecular weight is 235 g/mol. The van der Waals surface area contributed by atoms with Gasteiger partial charge in [-0.1, -0.05) is 24.3 Å². The highest BCUT2D eigenvalue weighted by Gasteiger charge is 2.03. The van der Waals surface area contributed by atoms with Crippen LogP contribution in [0.3, 0.4) is 0 Å². The fourth-order valence-electron chi connectivity index (χ4n) is 1.55. The first-order valence-corrected chi connectivity index (χ1v) is 5.35. The van der Waals surface area contributed by atoms with Crippen LogP contribution in [-0.4, -0.2) is 16.8 Å². The molecule has 0 aromatic heterocycles. The number of hydrogen-bond donors (Lipinski definition) is 2. The fourth-order valence-corrected chi connectivity index (χ4v) is 1.61. The van der Waals surface area contributed by atoms with Crippen molar-refractivity contribution in [1.82, 2.24) is 0 Å². The molecule has 0 heterocycles. The molecule has 4 heteroatoms. The van der Waals surface area contributed by atoms with Gasteiger partial charge in [0.1, 0.15) is 11.6 Å². The molecule has 0 amide bonds. The van der Waals surface area contributed by atoms with Crippen LogP contribution in [0.4, 0.5) is 5.69 Å². The van der Waals surface area contributed by atoms with Gasteiger partial charge in [0.2, 0.25) is 0 Å². The normalized spacial score (nSPS) is 11.9. The van der Waals surface area contributed by atoms with Crippen molar-refractivity contribution in [2.45, 2.75) is 0 Å². The zero-order chi connectivity index (χ0) is 11.5. The molecule has 2 aromatic rings. The molecule has 16 heavy (non-hydrogen) atoms. The van der Waals surface area contributed by atoms with E-state index in [1.807, 2.05) is 24.3 Å². The standard InChI is InChI=1S/C12H11ClN2O/c13-7-12(14)15-10-5-6-11(16)9-4-2-1-3-8(9)10/h1-6,16H,7H2,(H2,14,15). The van der Waals surface area contributed by atoms with E-state index in [0.29, 0.717) is 11.5 Å². The quantitative estimate of drug-likeness (QED) is 0.477. The monoisotopic (exact) mass is 234 g/mol. The Kier molecular flexibility index (Phi) is 2.97. The molecule has 82 valence electrons. The zero-order valence-corrected chi connectivity index (χ0v) is 9.28. The average Bonchev–Trinajstić information content (AvgIpc) is 2.33. The number of fused-ring (bicyclic) bond motifs is 1. The lowest BCUT2D eigenvalue weighted by Gasteiger charge is -2.04. The first-order chi connectivity index (χ1) is 7.72. The van der Waals surface area contributed by atoms with Gasteiger partial charge in [-0.15, -0.1) is 11.6 Å². The molecule has 0 saturated carbocycles. The highest BCUT2D eigenvalue weighted by Crippen LogP contribution is 2.32. The number of alkyl halides is 1. The van der Waals surface area contributed by atoms with Crippen molar-refractivity contribution in [2.75, 3.05) is 5.88 Å². The van der Waals surface area contributed by atoms with Gasteiger partial charge in [0, 0.05) is 10.8 Å². The molecule has 0 bridgehead atoms. The number of phenols is 1. The molecule has 3 nitrogen and oxygen atoms in total. The Hall–Kier alpha value is -1.74. The van der Waals surface area contributed by atoms with Crippen molar-refractivity contribution >= 4 is 33.9 Å². The molecule has 0 radical (unpaired) electrons. The van der Waals surface area contributed by atoms with Crippen LogP contribution in [0.1, 0.15) is 0 Å². The highest BCUT2D eigenvalue weighted by molar-refractivity contribution is 6.28. The van der Waals surface area contributed by atoms with Gasteiger partial charge >= 0.3 is 0 Å². The maximum atomic E-state index is 9.68. The molecule has 0 aliphatic rings. The molecule has 0 spiro atoms. The number of nitrogens with two attached hydrogens (primary N) is 1. The van der Waals surface area contributed by atoms with Crippen molar-refractivity contribution in [3.8, 4) is 5.75 Å². The first kappa shape index (κ1) is 10.8.